The maximum Gasteiger partial charge on any atom is 1.00 e. The molecule has 0 saturated heterocycles. The molecule has 0 heterocycles. The van der Waals surface area contributed by atoms with Crippen LogP contribution >= 0.6 is 0 Å². The van der Waals surface area contributed by atoms with Crippen molar-refractivity contribution >= 4 is 11.4 Å². The molecule has 0 fully saturated rings. The van der Waals surface area contributed by atoms with E-state index in [1.54, 1.807) is 24.3 Å². The van der Waals surface area contributed by atoms with Gasteiger partial charge in [0.05, 0.1) is 0 Å². The summed E-state index contributed by atoms with van der Waals surface area (Å²) in [4.78, 5) is 0. The number of rotatable bonds is 0. The SMILES string of the molecule is Nc1ccc(N)cc1.[H-].[Li+]. The first-order valence-electron chi connectivity index (χ1n) is 2.40. The minimum atomic E-state index is 0. The summed E-state index contributed by atoms with van der Waals surface area (Å²) in [5.41, 5.74) is 12.2. The van der Waals surface area contributed by atoms with Crippen molar-refractivity contribution in [3.63, 3.8) is 0 Å². The molecular weight excluding hydrogens is 107 g/mol. The Kier molecular flexibility index (Phi) is 3.22. The number of benzene rings is 1. The third-order valence-corrected chi connectivity index (χ3v) is 0.936. The number of nitrogen functional groups attached to an aromatic ring is 2. The molecule has 0 radical (unpaired) electrons. The van der Waals surface area contributed by atoms with E-state index < -0.39 is 0 Å². The van der Waals surface area contributed by atoms with Crippen LogP contribution < -0.4 is 30.3 Å². The second kappa shape index (κ2) is 3.44. The Labute approximate surface area is 67.9 Å². The fourth-order valence-corrected chi connectivity index (χ4v) is 0.496. The molecule has 0 aromatic heterocycles. The number of anilines is 2. The summed E-state index contributed by atoms with van der Waals surface area (Å²) in [5, 5.41) is 0. The van der Waals surface area contributed by atoms with Gasteiger partial charge in [0, 0.05) is 11.4 Å². The smallest absolute Gasteiger partial charge is 1.00 e. The van der Waals surface area contributed by atoms with Crippen LogP contribution in [0.1, 0.15) is 1.43 Å². The number of nitrogens with two attached hydrogens (primary N) is 2. The third-order valence-electron chi connectivity index (χ3n) is 0.936. The Morgan fingerprint density at radius 2 is 1.11 bits per heavy atom. The molecule has 2 nitrogen and oxygen atoms in total. The van der Waals surface area contributed by atoms with Crippen molar-refractivity contribution in [1.82, 2.24) is 0 Å². The van der Waals surface area contributed by atoms with Crippen molar-refractivity contribution in [2.75, 3.05) is 11.5 Å². The molecule has 3 heteroatoms. The van der Waals surface area contributed by atoms with Gasteiger partial charge in [-0.05, 0) is 24.3 Å². The van der Waals surface area contributed by atoms with E-state index in [0.29, 0.717) is 0 Å². The van der Waals surface area contributed by atoms with Gasteiger partial charge < -0.3 is 12.9 Å². The van der Waals surface area contributed by atoms with Crippen LogP contribution in [0.15, 0.2) is 24.3 Å². The molecule has 1 rings (SSSR count). The summed E-state index contributed by atoms with van der Waals surface area (Å²) < 4.78 is 0. The summed E-state index contributed by atoms with van der Waals surface area (Å²) in [6.45, 7) is 0. The average molecular weight is 116 g/mol. The Balaban J connectivity index is 0. The van der Waals surface area contributed by atoms with E-state index in [2.05, 4.69) is 0 Å². The van der Waals surface area contributed by atoms with E-state index in [9.17, 15) is 0 Å². The minimum absolute atomic E-state index is 0. The first-order chi connectivity index (χ1) is 3.79. The van der Waals surface area contributed by atoms with E-state index >= 15 is 0 Å². The average Bonchev–Trinajstić information content (AvgIpc) is 1.77. The van der Waals surface area contributed by atoms with Crippen LogP contribution in [0.4, 0.5) is 11.4 Å². The van der Waals surface area contributed by atoms with E-state index in [-0.39, 0.29) is 20.3 Å². The molecule has 9 heavy (non-hydrogen) atoms. The fraction of sp³-hybridized carbons (Fsp3) is 0. The molecule has 0 amide bonds. The molecule has 0 aliphatic carbocycles. The third kappa shape index (κ3) is 2.45. The van der Waals surface area contributed by atoms with Gasteiger partial charge in [-0.15, -0.1) is 0 Å². The van der Waals surface area contributed by atoms with Crippen LogP contribution in [0, 0.1) is 0 Å². The summed E-state index contributed by atoms with van der Waals surface area (Å²) >= 11 is 0. The Morgan fingerprint density at radius 1 is 0.889 bits per heavy atom. The molecule has 4 N–H and O–H groups in total. The Hall–Kier alpha value is -0.583. The standard InChI is InChI=1S/C6H8N2.Li.H/c7-5-1-2-6(8)4-3-5;;/h1-4H,7-8H2;;/q;+1;-1. The molecule has 1 aromatic rings. The van der Waals surface area contributed by atoms with Gasteiger partial charge in [-0.1, -0.05) is 0 Å². The van der Waals surface area contributed by atoms with Crippen LogP contribution in [0.2, 0.25) is 0 Å². The van der Waals surface area contributed by atoms with Crippen LogP contribution in [0.5, 0.6) is 0 Å². The Morgan fingerprint density at radius 3 is 1.33 bits per heavy atom. The topological polar surface area (TPSA) is 52.0 Å². The van der Waals surface area contributed by atoms with Crippen LogP contribution in [0.25, 0.3) is 0 Å². The largest absolute Gasteiger partial charge is 1.00 e. The van der Waals surface area contributed by atoms with Crippen molar-refractivity contribution in [3.8, 4) is 0 Å². The molecule has 0 atom stereocenters. The molecule has 0 aliphatic heterocycles. The van der Waals surface area contributed by atoms with Gasteiger partial charge in [0.2, 0.25) is 0 Å². The van der Waals surface area contributed by atoms with Crippen molar-refractivity contribution in [1.29, 1.82) is 0 Å². The van der Waals surface area contributed by atoms with Crippen LogP contribution in [0.3, 0.4) is 0 Å². The van der Waals surface area contributed by atoms with E-state index in [1.807, 2.05) is 0 Å². The normalized spacial score (nSPS) is 8.00. The summed E-state index contributed by atoms with van der Waals surface area (Å²) in [6.07, 6.45) is 0. The van der Waals surface area contributed by atoms with Crippen LogP contribution in [-0.2, 0) is 0 Å². The minimum Gasteiger partial charge on any atom is -1.00 e. The van der Waals surface area contributed by atoms with Gasteiger partial charge in [-0.3, -0.25) is 0 Å². The molecule has 44 valence electrons. The van der Waals surface area contributed by atoms with Gasteiger partial charge >= 0.3 is 18.9 Å². The van der Waals surface area contributed by atoms with Crippen molar-refractivity contribution in [2.45, 2.75) is 0 Å². The molecule has 0 unspecified atom stereocenters. The van der Waals surface area contributed by atoms with E-state index in [0.717, 1.165) is 11.4 Å². The van der Waals surface area contributed by atoms with E-state index in [1.165, 1.54) is 0 Å². The summed E-state index contributed by atoms with van der Waals surface area (Å²) in [5.74, 6) is 0. The van der Waals surface area contributed by atoms with Gasteiger partial charge in [0.25, 0.3) is 0 Å². The molecule has 0 bridgehead atoms. The summed E-state index contributed by atoms with van der Waals surface area (Å²) in [7, 11) is 0. The predicted molar refractivity (Wildman–Crippen MR) is 36.4 cm³/mol. The van der Waals surface area contributed by atoms with E-state index in [4.69, 9.17) is 11.5 Å². The van der Waals surface area contributed by atoms with Crippen molar-refractivity contribution in [3.05, 3.63) is 24.3 Å². The second-order valence-electron chi connectivity index (χ2n) is 1.67. The first kappa shape index (κ1) is 8.42. The zero-order chi connectivity index (χ0) is 5.98. The summed E-state index contributed by atoms with van der Waals surface area (Å²) in [6, 6.07) is 7.09. The predicted octanol–water partition coefficient (Wildman–Crippen LogP) is -2.03. The second-order valence-corrected chi connectivity index (χ2v) is 1.67. The first-order valence-corrected chi connectivity index (χ1v) is 2.40. The van der Waals surface area contributed by atoms with Gasteiger partial charge in [-0.2, -0.15) is 0 Å². The zero-order valence-electron chi connectivity index (χ0n) is 6.46. The van der Waals surface area contributed by atoms with Crippen molar-refractivity contribution < 1.29 is 20.3 Å². The maximum atomic E-state index is 5.37. The van der Waals surface area contributed by atoms with Gasteiger partial charge in [-0.25, -0.2) is 0 Å². The molecule has 0 saturated carbocycles. The van der Waals surface area contributed by atoms with Crippen molar-refractivity contribution in [2.24, 2.45) is 0 Å². The fourth-order valence-electron chi connectivity index (χ4n) is 0.496. The van der Waals surface area contributed by atoms with Gasteiger partial charge in [0.1, 0.15) is 0 Å². The maximum absolute atomic E-state index is 5.37. The number of hydrogen-bond acceptors (Lipinski definition) is 2. The Bertz CT molecular complexity index is 155. The molecule has 0 spiro atoms. The molecule has 0 aliphatic rings. The van der Waals surface area contributed by atoms with Gasteiger partial charge in [0.15, 0.2) is 0 Å². The quantitative estimate of drug-likeness (QED) is 0.303. The molecular formula is C6H9LiN2. The van der Waals surface area contributed by atoms with Crippen LogP contribution in [-0.4, -0.2) is 0 Å². The number of hydrogen-bond donors (Lipinski definition) is 2. The zero-order valence-corrected chi connectivity index (χ0v) is 5.46. The monoisotopic (exact) mass is 116 g/mol. The molecule has 1 aromatic carbocycles.